The van der Waals surface area contributed by atoms with Gasteiger partial charge in [-0.2, -0.15) is 0 Å². The molecular weight excluding hydrogens is 296 g/mol. The summed E-state index contributed by atoms with van der Waals surface area (Å²) in [6.45, 7) is 13.5. The highest BCUT2D eigenvalue weighted by molar-refractivity contribution is 5.56. The van der Waals surface area contributed by atoms with Crippen LogP contribution in [0.1, 0.15) is 52.7 Å². The third-order valence-corrected chi connectivity index (χ3v) is 3.92. The maximum absolute atomic E-state index is 6.09. The zero-order valence-electron chi connectivity index (χ0n) is 15.7. The zero-order valence-corrected chi connectivity index (χ0v) is 15.7. The molecule has 2 heteroatoms. The Morgan fingerprint density at radius 3 is 1.29 bits per heavy atom. The van der Waals surface area contributed by atoms with Gasteiger partial charge in [-0.3, -0.25) is 0 Å². The molecule has 0 spiro atoms. The number of fused-ring (bicyclic) bond motifs is 2. The minimum Gasteiger partial charge on any atom is -0.450 e. The summed E-state index contributed by atoms with van der Waals surface area (Å²) in [7, 11) is 0. The highest BCUT2D eigenvalue weighted by atomic mass is 16.6. The molecule has 0 atom stereocenters. The van der Waals surface area contributed by atoms with Gasteiger partial charge in [-0.05, 0) is 59.1 Å². The van der Waals surface area contributed by atoms with Crippen molar-refractivity contribution in [1.82, 2.24) is 0 Å². The Bertz CT molecular complexity index is 680. The molecule has 0 unspecified atom stereocenters. The third kappa shape index (κ3) is 4.11. The minimum atomic E-state index is 0.253. The van der Waals surface area contributed by atoms with Gasteiger partial charge in [-0.25, -0.2) is 0 Å². The lowest BCUT2D eigenvalue weighted by molar-refractivity contribution is 0.355. The van der Waals surface area contributed by atoms with Crippen LogP contribution < -0.4 is 9.47 Å². The first kappa shape index (κ1) is 16.9. The summed E-state index contributed by atoms with van der Waals surface area (Å²) in [6.07, 6.45) is 2.03. The Balaban J connectivity index is 1.84. The Hall–Kier alpha value is -1.96. The van der Waals surface area contributed by atoms with Crippen molar-refractivity contribution in [3.05, 3.63) is 47.5 Å². The summed E-state index contributed by atoms with van der Waals surface area (Å²) < 4.78 is 12.2. The van der Waals surface area contributed by atoms with Gasteiger partial charge in [-0.1, -0.05) is 53.7 Å². The fourth-order valence-electron chi connectivity index (χ4n) is 3.11. The largest absolute Gasteiger partial charge is 0.450 e. The third-order valence-electron chi connectivity index (χ3n) is 3.92. The van der Waals surface area contributed by atoms with Crippen LogP contribution >= 0.6 is 0 Å². The summed E-state index contributed by atoms with van der Waals surface area (Å²) in [6, 6.07) is 12.5. The topological polar surface area (TPSA) is 18.5 Å². The van der Waals surface area contributed by atoms with Crippen LogP contribution in [-0.4, -0.2) is 0 Å². The van der Waals surface area contributed by atoms with Gasteiger partial charge in [0.05, 0.1) is 0 Å². The molecule has 2 nitrogen and oxygen atoms in total. The van der Waals surface area contributed by atoms with E-state index in [1.165, 1.54) is 11.1 Å². The molecule has 3 rings (SSSR count). The molecule has 1 aliphatic rings. The number of ether oxygens (including phenoxy) is 2. The Labute approximate surface area is 145 Å². The Kier molecular flexibility index (Phi) is 4.11. The van der Waals surface area contributed by atoms with Gasteiger partial charge in [0.25, 0.3) is 0 Å². The molecule has 2 aromatic rings. The molecule has 2 aromatic carbocycles. The van der Waals surface area contributed by atoms with E-state index in [9.17, 15) is 0 Å². The van der Waals surface area contributed by atoms with Gasteiger partial charge in [-0.15, -0.1) is 0 Å². The Morgan fingerprint density at radius 2 is 0.958 bits per heavy atom. The van der Waals surface area contributed by atoms with E-state index in [4.69, 9.17) is 9.47 Å². The van der Waals surface area contributed by atoms with Gasteiger partial charge >= 0.3 is 0 Å². The van der Waals surface area contributed by atoms with Crippen LogP contribution in [0.2, 0.25) is 0 Å². The molecule has 128 valence electrons. The van der Waals surface area contributed by atoms with Crippen molar-refractivity contribution in [2.24, 2.45) is 10.8 Å². The van der Waals surface area contributed by atoms with Crippen molar-refractivity contribution >= 4 is 0 Å². The second-order valence-corrected chi connectivity index (χ2v) is 9.24. The highest BCUT2D eigenvalue weighted by Gasteiger charge is 2.21. The lowest BCUT2D eigenvalue weighted by Gasteiger charge is -2.24. The first-order valence-corrected chi connectivity index (χ1v) is 8.71. The van der Waals surface area contributed by atoms with E-state index >= 15 is 0 Å². The molecule has 0 radical (unpaired) electrons. The molecular formula is C22H28O2. The van der Waals surface area contributed by atoms with Gasteiger partial charge in [0.1, 0.15) is 0 Å². The van der Waals surface area contributed by atoms with Crippen molar-refractivity contribution in [2.45, 2.75) is 54.4 Å². The molecule has 0 amide bonds. The highest BCUT2D eigenvalue weighted by Crippen LogP contribution is 2.46. The van der Waals surface area contributed by atoms with Crippen molar-refractivity contribution in [3.8, 4) is 23.0 Å². The van der Waals surface area contributed by atoms with E-state index < -0.39 is 0 Å². The molecule has 0 bridgehead atoms. The van der Waals surface area contributed by atoms with Crippen LogP contribution in [0.15, 0.2) is 36.4 Å². The number of hydrogen-bond donors (Lipinski definition) is 0. The number of rotatable bonds is 2. The monoisotopic (exact) mass is 324 g/mol. The van der Waals surface area contributed by atoms with Crippen LogP contribution in [0.3, 0.4) is 0 Å². The van der Waals surface area contributed by atoms with E-state index in [-0.39, 0.29) is 10.8 Å². The van der Waals surface area contributed by atoms with Crippen LogP contribution in [0.5, 0.6) is 23.0 Å². The van der Waals surface area contributed by atoms with E-state index in [0.717, 1.165) is 35.8 Å². The quantitative estimate of drug-likeness (QED) is 0.518. The van der Waals surface area contributed by atoms with Crippen LogP contribution in [-0.2, 0) is 12.8 Å². The number of benzene rings is 2. The normalized spacial score (nSPS) is 13.6. The standard InChI is InChI=1S/C22H28O2/c1-21(2,3)13-15-7-9-17-19(11-15)23-18-10-8-16(12-20(18)24-17)14-22(4,5)6/h7-12H,13-14H2,1-6H3. The van der Waals surface area contributed by atoms with Crippen molar-refractivity contribution in [2.75, 3.05) is 0 Å². The molecule has 0 aliphatic carbocycles. The first-order valence-electron chi connectivity index (χ1n) is 8.71. The second-order valence-electron chi connectivity index (χ2n) is 9.24. The molecule has 0 saturated heterocycles. The molecule has 0 N–H and O–H groups in total. The predicted octanol–water partition coefficient (Wildman–Crippen LogP) is 6.76. The van der Waals surface area contributed by atoms with Gasteiger partial charge < -0.3 is 9.47 Å². The molecule has 0 fully saturated rings. The lowest BCUT2D eigenvalue weighted by atomic mass is 9.88. The summed E-state index contributed by atoms with van der Waals surface area (Å²) in [5.41, 5.74) is 3.06. The molecule has 1 heterocycles. The first-order chi connectivity index (χ1) is 11.1. The molecule has 0 saturated carbocycles. The minimum absolute atomic E-state index is 0.253. The van der Waals surface area contributed by atoms with Crippen LogP contribution in [0.25, 0.3) is 0 Å². The maximum atomic E-state index is 6.09. The average molecular weight is 324 g/mol. The van der Waals surface area contributed by atoms with Crippen molar-refractivity contribution in [1.29, 1.82) is 0 Å². The number of hydrogen-bond acceptors (Lipinski definition) is 2. The van der Waals surface area contributed by atoms with E-state index in [1.807, 2.05) is 12.1 Å². The zero-order chi connectivity index (χ0) is 17.5. The van der Waals surface area contributed by atoms with Gasteiger partial charge in [0, 0.05) is 0 Å². The average Bonchev–Trinajstić information content (AvgIpc) is 2.41. The van der Waals surface area contributed by atoms with E-state index in [2.05, 4.69) is 65.8 Å². The summed E-state index contributed by atoms with van der Waals surface area (Å²) in [5.74, 6) is 3.22. The maximum Gasteiger partial charge on any atom is 0.170 e. The van der Waals surface area contributed by atoms with Gasteiger partial charge in [0.15, 0.2) is 23.0 Å². The van der Waals surface area contributed by atoms with Gasteiger partial charge in [0.2, 0.25) is 0 Å². The molecule has 0 aromatic heterocycles. The van der Waals surface area contributed by atoms with Crippen molar-refractivity contribution in [3.63, 3.8) is 0 Å². The van der Waals surface area contributed by atoms with Crippen molar-refractivity contribution < 1.29 is 9.47 Å². The van der Waals surface area contributed by atoms with E-state index in [1.54, 1.807) is 0 Å². The molecule has 1 aliphatic heterocycles. The fraction of sp³-hybridized carbons (Fsp3) is 0.455. The van der Waals surface area contributed by atoms with E-state index in [0.29, 0.717) is 0 Å². The lowest BCUT2D eigenvalue weighted by Crippen LogP contribution is -2.10. The summed E-state index contributed by atoms with van der Waals surface area (Å²) >= 11 is 0. The summed E-state index contributed by atoms with van der Waals surface area (Å²) in [4.78, 5) is 0. The Morgan fingerprint density at radius 1 is 0.583 bits per heavy atom. The van der Waals surface area contributed by atoms with Crippen LogP contribution in [0.4, 0.5) is 0 Å². The molecule has 24 heavy (non-hydrogen) atoms. The summed E-state index contributed by atoms with van der Waals surface area (Å²) in [5, 5.41) is 0. The smallest absolute Gasteiger partial charge is 0.170 e. The SMILES string of the molecule is CC(C)(C)Cc1ccc2c(c1)Oc1ccc(CC(C)(C)C)cc1O2. The fourth-order valence-corrected chi connectivity index (χ4v) is 3.11. The van der Waals surface area contributed by atoms with Crippen LogP contribution in [0, 0.1) is 10.8 Å². The second kappa shape index (κ2) is 5.84. The predicted molar refractivity (Wildman–Crippen MR) is 99.4 cm³/mol.